The summed E-state index contributed by atoms with van der Waals surface area (Å²) in [5.74, 6) is 0. The zero-order valence-electron chi connectivity index (χ0n) is 11.9. The van der Waals surface area contributed by atoms with Crippen LogP contribution in [0.5, 0.6) is 0 Å². The van der Waals surface area contributed by atoms with Crippen molar-refractivity contribution in [3.63, 3.8) is 0 Å². The third kappa shape index (κ3) is 4.37. The second-order valence-corrected chi connectivity index (χ2v) is 5.83. The lowest BCUT2D eigenvalue weighted by Crippen LogP contribution is -2.43. The first-order valence-corrected chi connectivity index (χ1v) is 7.42. The van der Waals surface area contributed by atoms with Gasteiger partial charge in [0.2, 0.25) is 0 Å². The summed E-state index contributed by atoms with van der Waals surface area (Å²) in [4.78, 5) is 4.88. The van der Waals surface area contributed by atoms with Crippen LogP contribution in [-0.4, -0.2) is 56.1 Å². The first-order valence-electron chi connectivity index (χ1n) is 7.04. The molecule has 106 valence electrons. The first-order chi connectivity index (χ1) is 9.16. The van der Waals surface area contributed by atoms with Crippen LogP contribution in [0.4, 0.5) is 5.69 Å². The Balaban J connectivity index is 1.72. The van der Waals surface area contributed by atoms with Gasteiger partial charge in [0.1, 0.15) is 0 Å². The second-order valence-electron chi connectivity index (χ2n) is 5.42. The van der Waals surface area contributed by atoms with Gasteiger partial charge in [-0.25, -0.2) is 0 Å². The van der Waals surface area contributed by atoms with Crippen molar-refractivity contribution in [1.82, 2.24) is 9.80 Å². The molecule has 1 heterocycles. The van der Waals surface area contributed by atoms with Crippen molar-refractivity contribution in [3.05, 3.63) is 29.3 Å². The SMILES string of the molecule is CN1CCC(N(C)CCNc2ccccc2Cl)CC1. The van der Waals surface area contributed by atoms with Crippen LogP contribution in [-0.2, 0) is 0 Å². The molecular weight excluding hydrogens is 258 g/mol. The Bertz CT molecular complexity index is 389. The van der Waals surface area contributed by atoms with Crippen molar-refractivity contribution in [1.29, 1.82) is 0 Å². The summed E-state index contributed by atoms with van der Waals surface area (Å²) in [6.45, 7) is 4.42. The summed E-state index contributed by atoms with van der Waals surface area (Å²) in [6.07, 6.45) is 2.55. The van der Waals surface area contributed by atoms with E-state index in [0.29, 0.717) is 0 Å². The van der Waals surface area contributed by atoms with E-state index in [2.05, 4.69) is 29.2 Å². The summed E-state index contributed by atoms with van der Waals surface area (Å²) >= 11 is 6.12. The highest BCUT2D eigenvalue weighted by Crippen LogP contribution is 2.20. The third-order valence-electron chi connectivity index (χ3n) is 3.97. The Morgan fingerprint density at radius 3 is 2.68 bits per heavy atom. The van der Waals surface area contributed by atoms with Crippen LogP contribution in [0.25, 0.3) is 0 Å². The maximum absolute atomic E-state index is 6.12. The maximum atomic E-state index is 6.12. The molecule has 1 N–H and O–H groups in total. The van der Waals surface area contributed by atoms with Gasteiger partial charge in [0.05, 0.1) is 10.7 Å². The molecule has 1 aliphatic heterocycles. The molecule has 1 aromatic carbocycles. The van der Waals surface area contributed by atoms with E-state index in [1.807, 2.05) is 24.3 Å². The summed E-state index contributed by atoms with van der Waals surface area (Å²) in [6, 6.07) is 8.64. The van der Waals surface area contributed by atoms with Crippen LogP contribution in [0, 0.1) is 0 Å². The number of piperidine rings is 1. The predicted molar refractivity (Wildman–Crippen MR) is 83.1 cm³/mol. The molecular formula is C15H24ClN3. The number of likely N-dealkylation sites (N-methyl/N-ethyl adjacent to an activating group) is 1. The van der Waals surface area contributed by atoms with E-state index in [-0.39, 0.29) is 0 Å². The Hall–Kier alpha value is -0.770. The zero-order chi connectivity index (χ0) is 13.7. The van der Waals surface area contributed by atoms with Gasteiger partial charge in [-0.05, 0) is 52.2 Å². The highest BCUT2D eigenvalue weighted by molar-refractivity contribution is 6.33. The van der Waals surface area contributed by atoms with E-state index in [0.717, 1.165) is 29.8 Å². The fraction of sp³-hybridized carbons (Fsp3) is 0.600. The molecule has 0 spiro atoms. The third-order valence-corrected chi connectivity index (χ3v) is 4.29. The van der Waals surface area contributed by atoms with Crippen LogP contribution in [0.1, 0.15) is 12.8 Å². The number of nitrogens with one attached hydrogen (secondary N) is 1. The Labute approximate surface area is 121 Å². The monoisotopic (exact) mass is 281 g/mol. The predicted octanol–water partition coefficient (Wildman–Crippen LogP) is 2.78. The van der Waals surface area contributed by atoms with Crippen molar-refractivity contribution in [2.24, 2.45) is 0 Å². The average Bonchev–Trinajstić information content (AvgIpc) is 2.41. The van der Waals surface area contributed by atoms with Crippen LogP contribution in [0.2, 0.25) is 5.02 Å². The molecule has 19 heavy (non-hydrogen) atoms. The average molecular weight is 282 g/mol. The minimum Gasteiger partial charge on any atom is -0.383 e. The lowest BCUT2D eigenvalue weighted by atomic mass is 10.0. The summed E-state index contributed by atoms with van der Waals surface area (Å²) < 4.78 is 0. The van der Waals surface area contributed by atoms with Gasteiger partial charge >= 0.3 is 0 Å². The fourth-order valence-electron chi connectivity index (χ4n) is 2.59. The molecule has 0 aromatic heterocycles. The van der Waals surface area contributed by atoms with Gasteiger partial charge in [0.15, 0.2) is 0 Å². The number of para-hydroxylation sites is 1. The molecule has 2 rings (SSSR count). The van der Waals surface area contributed by atoms with Crippen molar-refractivity contribution in [2.75, 3.05) is 45.6 Å². The highest BCUT2D eigenvalue weighted by atomic mass is 35.5. The summed E-state index contributed by atoms with van der Waals surface area (Å²) in [5.41, 5.74) is 1.03. The van der Waals surface area contributed by atoms with Gasteiger partial charge in [-0.3, -0.25) is 0 Å². The lowest BCUT2D eigenvalue weighted by molar-refractivity contribution is 0.148. The lowest BCUT2D eigenvalue weighted by Gasteiger charge is -2.35. The van der Waals surface area contributed by atoms with Gasteiger partial charge in [-0.1, -0.05) is 23.7 Å². The van der Waals surface area contributed by atoms with Gasteiger partial charge in [-0.15, -0.1) is 0 Å². The van der Waals surface area contributed by atoms with Crippen molar-refractivity contribution in [2.45, 2.75) is 18.9 Å². The Morgan fingerprint density at radius 2 is 2.00 bits per heavy atom. The molecule has 0 bridgehead atoms. The number of anilines is 1. The molecule has 1 fully saturated rings. The minimum absolute atomic E-state index is 0.726. The topological polar surface area (TPSA) is 18.5 Å². The molecule has 0 unspecified atom stereocenters. The molecule has 0 radical (unpaired) electrons. The van der Waals surface area contributed by atoms with E-state index in [9.17, 15) is 0 Å². The molecule has 1 aliphatic rings. The molecule has 0 amide bonds. The normalized spacial score (nSPS) is 17.9. The second kappa shape index (κ2) is 7.13. The number of likely N-dealkylation sites (tertiary alicyclic amines) is 1. The van der Waals surface area contributed by atoms with Gasteiger partial charge in [0.25, 0.3) is 0 Å². The number of rotatable bonds is 5. The summed E-state index contributed by atoms with van der Waals surface area (Å²) in [5, 5.41) is 4.20. The van der Waals surface area contributed by atoms with E-state index in [1.54, 1.807) is 0 Å². The molecule has 0 atom stereocenters. The van der Waals surface area contributed by atoms with Crippen LogP contribution < -0.4 is 5.32 Å². The first kappa shape index (κ1) is 14.6. The van der Waals surface area contributed by atoms with Gasteiger partial charge < -0.3 is 15.1 Å². The maximum Gasteiger partial charge on any atom is 0.0637 e. The molecule has 0 aliphatic carbocycles. The molecule has 0 saturated carbocycles. The minimum atomic E-state index is 0.726. The van der Waals surface area contributed by atoms with Crippen molar-refractivity contribution >= 4 is 17.3 Å². The van der Waals surface area contributed by atoms with E-state index in [1.165, 1.54) is 25.9 Å². The molecule has 4 heteroatoms. The number of hydrogen-bond acceptors (Lipinski definition) is 3. The van der Waals surface area contributed by atoms with Crippen LogP contribution in [0.15, 0.2) is 24.3 Å². The van der Waals surface area contributed by atoms with Crippen LogP contribution in [0.3, 0.4) is 0 Å². The van der Waals surface area contributed by atoms with Gasteiger partial charge in [-0.2, -0.15) is 0 Å². The standard InChI is InChI=1S/C15H24ClN3/c1-18-10-7-13(8-11-18)19(2)12-9-17-15-6-4-3-5-14(15)16/h3-6,13,17H,7-12H2,1-2H3. The highest BCUT2D eigenvalue weighted by Gasteiger charge is 2.19. The van der Waals surface area contributed by atoms with Gasteiger partial charge in [0, 0.05) is 19.1 Å². The Kier molecular flexibility index (Phi) is 5.49. The number of hydrogen-bond donors (Lipinski definition) is 1. The molecule has 1 saturated heterocycles. The quantitative estimate of drug-likeness (QED) is 0.895. The van der Waals surface area contributed by atoms with Crippen molar-refractivity contribution in [3.8, 4) is 0 Å². The van der Waals surface area contributed by atoms with Crippen molar-refractivity contribution < 1.29 is 0 Å². The largest absolute Gasteiger partial charge is 0.383 e. The molecule has 3 nitrogen and oxygen atoms in total. The Morgan fingerprint density at radius 1 is 1.32 bits per heavy atom. The van der Waals surface area contributed by atoms with E-state index in [4.69, 9.17) is 11.6 Å². The van der Waals surface area contributed by atoms with E-state index >= 15 is 0 Å². The number of halogens is 1. The molecule has 1 aromatic rings. The van der Waals surface area contributed by atoms with Crippen LogP contribution >= 0.6 is 11.6 Å². The zero-order valence-corrected chi connectivity index (χ0v) is 12.7. The number of benzene rings is 1. The smallest absolute Gasteiger partial charge is 0.0637 e. The summed E-state index contributed by atoms with van der Waals surface area (Å²) in [7, 11) is 4.43. The fourth-order valence-corrected chi connectivity index (χ4v) is 2.79. The number of nitrogens with zero attached hydrogens (tertiary/aromatic N) is 2. The van der Waals surface area contributed by atoms with E-state index < -0.39 is 0 Å².